The zero-order chi connectivity index (χ0) is 9.90. The summed E-state index contributed by atoms with van der Waals surface area (Å²) in [5, 5.41) is 2.82. The van der Waals surface area contributed by atoms with Crippen LogP contribution in [0.3, 0.4) is 0 Å². The Balaban J connectivity index is 0. The van der Waals surface area contributed by atoms with Crippen LogP contribution in [-0.2, 0) is 10.1 Å². The fourth-order valence-electron chi connectivity index (χ4n) is 1.21. The van der Waals surface area contributed by atoms with Gasteiger partial charge in [0.25, 0.3) is 10.1 Å². The van der Waals surface area contributed by atoms with Crippen molar-refractivity contribution < 1.29 is 44.0 Å². The molecule has 6 heteroatoms. The number of thiophene rings is 1. The monoisotopic (exact) mass is 244 g/mol. The summed E-state index contributed by atoms with van der Waals surface area (Å²) in [5.41, 5.74) is 0.689. The van der Waals surface area contributed by atoms with Crippen LogP contribution in [0.2, 0.25) is 0 Å². The molecule has 1 N–H and O–H groups in total. The van der Waals surface area contributed by atoms with Gasteiger partial charge in [0.15, 0.2) is 0 Å². The van der Waals surface area contributed by atoms with Crippen molar-refractivity contribution in [3.8, 4) is 0 Å². The fraction of sp³-hybridized carbons (Fsp3) is 0.500. The van der Waals surface area contributed by atoms with Gasteiger partial charge in [-0.2, -0.15) is 19.8 Å². The summed E-state index contributed by atoms with van der Waals surface area (Å²) < 4.78 is 30.9. The van der Waals surface area contributed by atoms with E-state index in [4.69, 9.17) is 4.55 Å². The van der Waals surface area contributed by atoms with Crippen molar-refractivity contribution >= 4 is 21.5 Å². The van der Waals surface area contributed by atoms with Crippen molar-refractivity contribution in [3.63, 3.8) is 0 Å². The van der Waals surface area contributed by atoms with E-state index < -0.39 is 15.4 Å². The minimum Gasteiger partial charge on any atom is -1.00 e. The molecule has 1 atom stereocenters. The predicted octanol–water partition coefficient (Wildman–Crippen LogP) is -0.406. The largest absolute Gasteiger partial charge is 1.00 e. The quantitative estimate of drug-likeness (QED) is 0.579. The molecule has 1 aromatic rings. The second-order valence-corrected chi connectivity index (χ2v) is 5.23. The summed E-state index contributed by atoms with van der Waals surface area (Å²) in [6, 6.07) is 1.73. The smallest absolute Gasteiger partial charge is 1.00 e. The Morgan fingerprint density at radius 1 is 1.64 bits per heavy atom. The van der Waals surface area contributed by atoms with Gasteiger partial charge in [0.05, 0.1) is 0 Å². The molecule has 3 nitrogen and oxygen atoms in total. The van der Waals surface area contributed by atoms with Gasteiger partial charge in [-0.25, -0.2) is 0 Å². The minimum atomic E-state index is -3.94. The normalized spacial score (nSPS) is 13.3. The Morgan fingerprint density at radius 2 is 2.29 bits per heavy atom. The average molecular weight is 244 g/mol. The van der Waals surface area contributed by atoms with E-state index in [0.29, 0.717) is 12.0 Å². The number of hydrogen-bond donors (Lipinski definition) is 1. The molecule has 1 rings (SSSR count). The van der Waals surface area contributed by atoms with Crippen molar-refractivity contribution in [2.45, 2.75) is 25.0 Å². The van der Waals surface area contributed by atoms with Crippen LogP contribution in [-0.4, -0.2) is 13.0 Å². The molecule has 1 heterocycles. The second-order valence-electron chi connectivity index (χ2n) is 2.85. The van der Waals surface area contributed by atoms with Crippen molar-refractivity contribution in [3.05, 3.63) is 22.4 Å². The Bertz CT molecular complexity index is 350. The van der Waals surface area contributed by atoms with Crippen LogP contribution >= 0.6 is 11.3 Å². The van der Waals surface area contributed by atoms with Crippen molar-refractivity contribution in [1.82, 2.24) is 0 Å². The van der Waals surface area contributed by atoms with Gasteiger partial charge in [-0.15, -0.1) is 0 Å². The number of hydrogen-bond acceptors (Lipinski definition) is 3. The minimum absolute atomic E-state index is 0. The first kappa shape index (κ1) is 14.6. The zero-order valence-electron chi connectivity index (χ0n) is 9.30. The van der Waals surface area contributed by atoms with Crippen LogP contribution in [0.25, 0.3) is 0 Å². The van der Waals surface area contributed by atoms with Gasteiger partial charge >= 0.3 is 29.6 Å². The molecule has 0 aliphatic carbocycles. The second kappa shape index (κ2) is 6.25. The van der Waals surface area contributed by atoms with Crippen LogP contribution < -0.4 is 29.6 Å². The van der Waals surface area contributed by atoms with Gasteiger partial charge in [-0.3, -0.25) is 4.55 Å². The maximum atomic E-state index is 11.0. The van der Waals surface area contributed by atoms with Crippen LogP contribution in [0.4, 0.5) is 0 Å². The standard InChI is InChI=1S/C8H12O3S2.Na.H/c1-2-3-8(13(9,10)11)7-4-5-12-6-7;;/h4-6,8H,2-3H2,1H3,(H,9,10,11);;/q;+1;-1. The molecule has 0 bridgehead atoms. The third kappa shape index (κ3) is 4.00. The van der Waals surface area contributed by atoms with E-state index in [1.54, 1.807) is 11.4 Å². The SMILES string of the molecule is CCCC(c1ccsc1)S(=O)(=O)O.[H-].[Na+]. The van der Waals surface area contributed by atoms with Gasteiger partial charge in [0.1, 0.15) is 5.25 Å². The Kier molecular flexibility index (Phi) is 6.52. The van der Waals surface area contributed by atoms with Crippen LogP contribution in [0, 0.1) is 0 Å². The summed E-state index contributed by atoms with van der Waals surface area (Å²) in [6.45, 7) is 1.89. The van der Waals surface area contributed by atoms with Gasteiger partial charge in [0, 0.05) is 0 Å². The van der Waals surface area contributed by atoms with Crippen LogP contribution in [0.1, 0.15) is 32.0 Å². The topological polar surface area (TPSA) is 54.4 Å². The summed E-state index contributed by atoms with van der Waals surface area (Å²) in [6.07, 6.45) is 1.20. The maximum Gasteiger partial charge on any atom is 1.00 e. The van der Waals surface area contributed by atoms with Crippen molar-refractivity contribution in [2.75, 3.05) is 0 Å². The molecular formula is C8H13NaO3S2. The summed E-state index contributed by atoms with van der Waals surface area (Å²) in [5.74, 6) is 0. The number of rotatable bonds is 4. The molecule has 0 aromatic carbocycles. The Labute approximate surface area is 112 Å². The van der Waals surface area contributed by atoms with Gasteiger partial charge in [0.2, 0.25) is 0 Å². The molecule has 76 valence electrons. The van der Waals surface area contributed by atoms with E-state index in [1.165, 1.54) is 11.3 Å². The van der Waals surface area contributed by atoms with Crippen LogP contribution in [0.5, 0.6) is 0 Å². The fourth-order valence-corrected chi connectivity index (χ4v) is 3.03. The van der Waals surface area contributed by atoms with E-state index in [-0.39, 0.29) is 31.0 Å². The molecule has 0 fully saturated rings. The Morgan fingerprint density at radius 3 is 2.64 bits per heavy atom. The molecule has 0 saturated carbocycles. The molecule has 1 aromatic heterocycles. The van der Waals surface area contributed by atoms with E-state index >= 15 is 0 Å². The van der Waals surface area contributed by atoms with Crippen molar-refractivity contribution in [2.24, 2.45) is 0 Å². The van der Waals surface area contributed by atoms with Crippen LogP contribution in [0.15, 0.2) is 16.8 Å². The maximum absolute atomic E-state index is 11.0. The molecule has 0 amide bonds. The zero-order valence-corrected chi connectivity index (χ0v) is 11.9. The molecule has 0 saturated heterocycles. The predicted molar refractivity (Wildman–Crippen MR) is 54.6 cm³/mol. The third-order valence-corrected chi connectivity index (χ3v) is 3.75. The molecule has 0 radical (unpaired) electrons. The van der Waals surface area contributed by atoms with Gasteiger partial charge < -0.3 is 1.43 Å². The van der Waals surface area contributed by atoms with Gasteiger partial charge in [-0.1, -0.05) is 13.3 Å². The Hall–Kier alpha value is 0.610. The van der Waals surface area contributed by atoms with E-state index in [2.05, 4.69) is 0 Å². The first-order valence-corrected chi connectivity index (χ1v) is 6.48. The molecular weight excluding hydrogens is 231 g/mol. The average Bonchev–Trinajstić information content (AvgIpc) is 2.49. The van der Waals surface area contributed by atoms with Crippen molar-refractivity contribution in [1.29, 1.82) is 0 Å². The van der Waals surface area contributed by atoms with E-state index in [9.17, 15) is 8.42 Å². The van der Waals surface area contributed by atoms with E-state index in [0.717, 1.165) is 6.42 Å². The third-order valence-electron chi connectivity index (χ3n) is 1.83. The molecule has 0 aliphatic heterocycles. The molecule has 0 aliphatic rings. The molecule has 0 spiro atoms. The summed E-state index contributed by atoms with van der Waals surface area (Å²) in [4.78, 5) is 0. The first-order chi connectivity index (χ1) is 6.05. The molecule has 14 heavy (non-hydrogen) atoms. The first-order valence-electron chi connectivity index (χ1n) is 4.04. The van der Waals surface area contributed by atoms with E-state index in [1.807, 2.05) is 12.3 Å². The summed E-state index contributed by atoms with van der Waals surface area (Å²) >= 11 is 1.43. The summed E-state index contributed by atoms with van der Waals surface area (Å²) in [7, 11) is -3.94. The molecule has 1 unspecified atom stereocenters. The van der Waals surface area contributed by atoms with Gasteiger partial charge in [-0.05, 0) is 28.8 Å².